The quantitative estimate of drug-likeness (QED) is 0.708. The third-order valence-corrected chi connectivity index (χ3v) is 6.86. The maximum absolute atomic E-state index is 12.7. The first-order chi connectivity index (χ1) is 14.1. The normalized spacial score (nSPS) is 27.8. The van der Waals surface area contributed by atoms with Crippen LogP contribution in [0.2, 0.25) is 0 Å². The van der Waals surface area contributed by atoms with Crippen molar-refractivity contribution >= 4 is 17.1 Å². The van der Waals surface area contributed by atoms with Crippen molar-refractivity contribution in [1.82, 2.24) is 20.2 Å². The van der Waals surface area contributed by atoms with E-state index in [0.717, 1.165) is 31.6 Å². The predicted molar refractivity (Wildman–Crippen MR) is 116 cm³/mol. The molecule has 0 radical (unpaired) electrons. The zero-order chi connectivity index (χ0) is 20.2. The molecule has 4 rings (SSSR count). The standard InChI is InChI=1S/C23H34N4O2/c1-2-5-16-8-10-17(11-9-16)24-18-12-14-19(15-13-18)25-22(28)27-21-7-4-3-6-20(21)26-23(27)29/h3-4,6-7,16-19,24H,2,5,8-15H2,1H3,(H,25,28)(H,26,29). The van der Waals surface area contributed by atoms with E-state index in [1.54, 1.807) is 6.07 Å². The van der Waals surface area contributed by atoms with Crippen LogP contribution in [0.4, 0.5) is 4.79 Å². The first kappa shape index (κ1) is 20.2. The van der Waals surface area contributed by atoms with Gasteiger partial charge in [0.25, 0.3) is 0 Å². The number of carbonyl (C=O) groups is 1. The predicted octanol–water partition coefficient (Wildman–Crippen LogP) is 4.15. The Kier molecular flexibility index (Phi) is 6.38. The van der Waals surface area contributed by atoms with E-state index in [4.69, 9.17) is 0 Å². The van der Waals surface area contributed by atoms with Gasteiger partial charge in [-0.3, -0.25) is 0 Å². The van der Waals surface area contributed by atoms with Gasteiger partial charge in [0.15, 0.2) is 0 Å². The largest absolute Gasteiger partial charge is 0.335 e. The van der Waals surface area contributed by atoms with E-state index in [2.05, 4.69) is 22.5 Å². The summed E-state index contributed by atoms with van der Waals surface area (Å²) in [7, 11) is 0. The van der Waals surface area contributed by atoms with E-state index in [1.165, 1.54) is 43.1 Å². The van der Waals surface area contributed by atoms with Crippen molar-refractivity contribution in [3.63, 3.8) is 0 Å². The second-order valence-electron chi connectivity index (χ2n) is 8.95. The molecule has 2 aromatic rings. The van der Waals surface area contributed by atoms with Crippen LogP contribution in [0.3, 0.4) is 0 Å². The number of aromatic nitrogens is 2. The van der Waals surface area contributed by atoms with Gasteiger partial charge >= 0.3 is 11.7 Å². The Morgan fingerprint density at radius 3 is 2.31 bits per heavy atom. The minimum atomic E-state index is -0.377. The molecule has 2 aliphatic rings. The molecule has 158 valence electrons. The topological polar surface area (TPSA) is 78.9 Å². The van der Waals surface area contributed by atoms with Crippen molar-refractivity contribution < 1.29 is 4.79 Å². The number of nitrogens with one attached hydrogen (secondary N) is 3. The van der Waals surface area contributed by atoms with E-state index >= 15 is 0 Å². The first-order valence-corrected chi connectivity index (χ1v) is 11.4. The lowest BCUT2D eigenvalue weighted by Crippen LogP contribution is -2.47. The van der Waals surface area contributed by atoms with Gasteiger partial charge < -0.3 is 15.6 Å². The highest BCUT2D eigenvalue weighted by atomic mass is 16.2. The molecule has 1 amide bonds. The number of hydrogen-bond acceptors (Lipinski definition) is 3. The Morgan fingerprint density at radius 1 is 1.00 bits per heavy atom. The summed E-state index contributed by atoms with van der Waals surface area (Å²) in [6.45, 7) is 2.29. The lowest BCUT2D eigenvalue weighted by molar-refractivity contribution is 0.219. The molecule has 0 aliphatic heterocycles. The number of rotatable bonds is 5. The lowest BCUT2D eigenvalue weighted by atomic mass is 9.82. The zero-order valence-electron chi connectivity index (χ0n) is 17.5. The van der Waals surface area contributed by atoms with Gasteiger partial charge in [0.1, 0.15) is 0 Å². The van der Waals surface area contributed by atoms with E-state index in [9.17, 15) is 9.59 Å². The number of H-pyrrole nitrogens is 1. The van der Waals surface area contributed by atoms with Crippen molar-refractivity contribution in [2.45, 2.75) is 89.3 Å². The number of para-hydroxylation sites is 2. The SMILES string of the molecule is CCCC1CCC(NC2CCC(NC(=O)n3c(=O)[nH]c4ccccc43)CC2)CC1. The second-order valence-corrected chi connectivity index (χ2v) is 8.95. The Bertz CT molecular complexity index is 870. The van der Waals surface area contributed by atoms with Gasteiger partial charge in [0.2, 0.25) is 0 Å². The van der Waals surface area contributed by atoms with Gasteiger partial charge in [-0.05, 0) is 69.4 Å². The van der Waals surface area contributed by atoms with Crippen molar-refractivity contribution in [2.75, 3.05) is 0 Å². The average molecular weight is 399 g/mol. The summed E-state index contributed by atoms with van der Waals surface area (Å²) in [5.74, 6) is 0.942. The molecule has 1 aromatic carbocycles. The summed E-state index contributed by atoms with van der Waals surface area (Å²) in [6, 6.07) is 8.35. The number of aromatic amines is 1. The van der Waals surface area contributed by atoms with Gasteiger partial charge in [-0.25, -0.2) is 14.2 Å². The van der Waals surface area contributed by atoms with Crippen LogP contribution in [0.15, 0.2) is 29.1 Å². The van der Waals surface area contributed by atoms with Crippen LogP contribution < -0.4 is 16.3 Å². The van der Waals surface area contributed by atoms with Crippen LogP contribution in [0.5, 0.6) is 0 Å². The maximum atomic E-state index is 12.7. The van der Waals surface area contributed by atoms with Gasteiger partial charge in [-0.2, -0.15) is 0 Å². The van der Waals surface area contributed by atoms with Crippen molar-refractivity contribution in [1.29, 1.82) is 0 Å². The number of carbonyl (C=O) groups excluding carboxylic acids is 1. The molecule has 6 nitrogen and oxygen atoms in total. The Morgan fingerprint density at radius 2 is 1.62 bits per heavy atom. The summed E-state index contributed by atoms with van der Waals surface area (Å²) >= 11 is 0. The molecule has 29 heavy (non-hydrogen) atoms. The van der Waals surface area contributed by atoms with Crippen LogP contribution in [0, 0.1) is 5.92 Å². The smallest absolute Gasteiger partial charge is 0.334 e. The van der Waals surface area contributed by atoms with Gasteiger partial charge in [0, 0.05) is 18.1 Å². The summed E-state index contributed by atoms with van der Waals surface area (Å²) in [4.78, 5) is 27.6. The van der Waals surface area contributed by atoms with Gasteiger partial charge in [0.05, 0.1) is 11.0 Å². The highest BCUT2D eigenvalue weighted by Crippen LogP contribution is 2.29. The zero-order valence-corrected chi connectivity index (χ0v) is 17.5. The van der Waals surface area contributed by atoms with Crippen LogP contribution in [-0.2, 0) is 0 Å². The third kappa shape index (κ3) is 4.74. The second kappa shape index (κ2) is 9.16. The van der Waals surface area contributed by atoms with Crippen LogP contribution in [0.25, 0.3) is 11.0 Å². The minimum absolute atomic E-state index is 0.140. The molecule has 3 N–H and O–H groups in total. The monoisotopic (exact) mass is 398 g/mol. The fourth-order valence-electron chi connectivity index (χ4n) is 5.26. The lowest BCUT2D eigenvalue weighted by Gasteiger charge is -2.35. The fourth-order valence-corrected chi connectivity index (χ4v) is 5.26. The summed E-state index contributed by atoms with van der Waals surface area (Å²) in [5.41, 5.74) is 0.941. The number of nitrogens with zero attached hydrogens (tertiary/aromatic N) is 1. The molecule has 0 unspecified atom stereocenters. The maximum Gasteiger partial charge on any atom is 0.334 e. The summed E-state index contributed by atoms with van der Waals surface area (Å²) in [6.07, 6.45) is 12.2. The molecule has 1 heterocycles. The molecule has 0 spiro atoms. The molecule has 6 heteroatoms. The van der Waals surface area contributed by atoms with Crippen LogP contribution in [-0.4, -0.2) is 33.7 Å². The van der Waals surface area contributed by atoms with E-state index in [-0.39, 0.29) is 17.8 Å². The molecule has 2 aliphatic carbocycles. The molecule has 1 aromatic heterocycles. The average Bonchev–Trinajstić information content (AvgIpc) is 3.07. The van der Waals surface area contributed by atoms with Crippen LogP contribution >= 0.6 is 0 Å². The molecule has 2 saturated carbocycles. The van der Waals surface area contributed by atoms with Gasteiger partial charge in [-0.1, -0.05) is 31.9 Å². The third-order valence-electron chi connectivity index (χ3n) is 6.86. The fraction of sp³-hybridized carbons (Fsp3) is 0.652. The minimum Gasteiger partial charge on any atom is -0.335 e. The molecular formula is C23H34N4O2. The number of hydrogen-bond donors (Lipinski definition) is 3. The summed E-state index contributed by atoms with van der Waals surface area (Å²) < 4.78 is 1.22. The number of amides is 1. The Balaban J connectivity index is 1.25. The van der Waals surface area contributed by atoms with E-state index in [0.29, 0.717) is 23.1 Å². The Labute approximate surface area is 172 Å². The molecule has 0 saturated heterocycles. The molecular weight excluding hydrogens is 364 g/mol. The number of fused-ring (bicyclic) bond motifs is 1. The highest BCUT2D eigenvalue weighted by Gasteiger charge is 2.27. The van der Waals surface area contributed by atoms with Crippen molar-refractivity contribution in [3.05, 3.63) is 34.7 Å². The summed E-state index contributed by atoms with van der Waals surface area (Å²) in [5, 5.41) is 6.96. The van der Waals surface area contributed by atoms with Crippen LogP contribution in [0.1, 0.15) is 71.1 Å². The highest BCUT2D eigenvalue weighted by molar-refractivity contribution is 5.89. The molecule has 0 atom stereocenters. The molecule has 2 fully saturated rings. The molecule has 0 bridgehead atoms. The van der Waals surface area contributed by atoms with Gasteiger partial charge in [-0.15, -0.1) is 0 Å². The van der Waals surface area contributed by atoms with E-state index in [1.807, 2.05) is 18.2 Å². The first-order valence-electron chi connectivity index (χ1n) is 11.4. The van der Waals surface area contributed by atoms with Crippen molar-refractivity contribution in [2.24, 2.45) is 5.92 Å². The Hall–Kier alpha value is -2.08. The van der Waals surface area contributed by atoms with Crippen molar-refractivity contribution in [3.8, 4) is 0 Å². The number of imidazole rings is 1. The number of benzene rings is 1. The van der Waals surface area contributed by atoms with E-state index < -0.39 is 0 Å².